The zero-order chi connectivity index (χ0) is 15.6. The lowest BCUT2D eigenvalue weighted by Crippen LogP contribution is -2.41. The van der Waals surface area contributed by atoms with Crippen molar-refractivity contribution in [2.45, 2.75) is 19.4 Å². The van der Waals surface area contributed by atoms with Crippen molar-refractivity contribution in [1.29, 1.82) is 0 Å². The van der Waals surface area contributed by atoms with Gasteiger partial charge in [0, 0.05) is 15.7 Å². The zero-order valence-electron chi connectivity index (χ0n) is 11.7. The highest BCUT2D eigenvalue weighted by molar-refractivity contribution is 9.10. The molecule has 2 N–H and O–H groups in total. The van der Waals surface area contributed by atoms with Crippen LogP contribution in [0.3, 0.4) is 0 Å². The molecule has 0 heterocycles. The normalized spacial score (nSPS) is 13.5. The molecule has 1 atom stereocenters. The summed E-state index contributed by atoms with van der Waals surface area (Å²) in [7, 11) is 0. The van der Waals surface area contributed by atoms with E-state index in [2.05, 4.69) is 21.2 Å². The van der Waals surface area contributed by atoms with Crippen LogP contribution in [-0.4, -0.2) is 11.1 Å². The lowest BCUT2D eigenvalue weighted by molar-refractivity contribution is -0.142. The Morgan fingerprint density at radius 1 is 1.29 bits per heavy atom. The van der Waals surface area contributed by atoms with Gasteiger partial charge in [-0.1, -0.05) is 28.1 Å². The van der Waals surface area contributed by atoms with Crippen LogP contribution in [0.5, 0.6) is 0 Å². The summed E-state index contributed by atoms with van der Waals surface area (Å²) < 4.78 is 14.7. The summed E-state index contributed by atoms with van der Waals surface area (Å²) in [5.74, 6) is -1.72. The second kappa shape index (κ2) is 5.85. The van der Waals surface area contributed by atoms with E-state index in [0.29, 0.717) is 10.2 Å². The van der Waals surface area contributed by atoms with Crippen molar-refractivity contribution in [2.75, 3.05) is 5.32 Å². The maximum absolute atomic E-state index is 14.1. The lowest BCUT2D eigenvalue weighted by Gasteiger charge is -2.28. The minimum Gasteiger partial charge on any atom is -0.479 e. The largest absolute Gasteiger partial charge is 0.479 e. The number of aryl methyl sites for hydroxylation is 1. The van der Waals surface area contributed by atoms with Gasteiger partial charge in [0.25, 0.3) is 0 Å². The van der Waals surface area contributed by atoms with Gasteiger partial charge in [0.05, 0.1) is 0 Å². The number of halogens is 2. The van der Waals surface area contributed by atoms with Gasteiger partial charge in [-0.05, 0) is 49.7 Å². The predicted octanol–water partition coefficient (Wildman–Crippen LogP) is 4.31. The number of rotatable bonds is 4. The first-order valence-electron chi connectivity index (χ1n) is 6.37. The van der Waals surface area contributed by atoms with Gasteiger partial charge in [0.1, 0.15) is 5.82 Å². The summed E-state index contributed by atoms with van der Waals surface area (Å²) in [5, 5.41) is 12.5. The van der Waals surface area contributed by atoms with Crippen molar-refractivity contribution in [3.63, 3.8) is 0 Å². The van der Waals surface area contributed by atoms with Crippen LogP contribution in [0.15, 0.2) is 46.9 Å². The molecule has 0 aliphatic heterocycles. The molecule has 0 aromatic heterocycles. The molecular formula is C16H15BrFNO2. The summed E-state index contributed by atoms with van der Waals surface area (Å²) in [5.41, 5.74) is 0.120. The molecule has 2 aromatic carbocycles. The van der Waals surface area contributed by atoms with E-state index in [1.54, 1.807) is 6.07 Å². The predicted molar refractivity (Wildman–Crippen MR) is 83.9 cm³/mol. The molecule has 3 nitrogen and oxygen atoms in total. The molecule has 0 radical (unpaired) electrons. The Kier molecular flexibility index (Phi) is 4.32. The average molecular weight is 352 g/mol. The molecule has 0 fully saturated rings. The molecule has 0 bridgehead atoms. The SMILES string of the molecule is Cc1cccc(NC(C)(C(=O)O)c2cc(Br)ccc2F)c1. The smallest absolute Gasteiger partial charge is 0.333 e. The molecule has 0 amide bonds. The minimum atomic E-state index is -1.57. The highest BCUT2D eigenvalue weighted by Gasteiger charge is 2.37. The Morgan fingerprint density at radius 2 is 2.00 bits per heavy atom. The molecule has 0 aliphatic rings. The van der Waals surface area contributed by atoms with Crippen LogP contribution in [-0.2, 0) is 10.3 Å². The summed E-state index contributed by atoms with van der Waals surface area (Å²) in [6.45, 7) is 3.35. The number of anilines is 1. The van der Waals surface area contributed by atoms with E-state index >= 15 is 0 Å². The monoisotopic (exact) mass is 351 g/mol. The van der Waals surface area contributed by atoms with Crippen molar-refractivity contribution in [1.82, 2.24) is 0 Å². The summed E-state index contributed by atoms with van der Waals surface area (Å²) in [6.07, 6.45) is 0. The van der Waals surface area contributed by atoms with Gasteiger partial charge in [-0.2, -0.15) is 0 Å². The molecule has 1 unspecified atom stereocenters. The topological polar surface area (TPSA) is 49.3 Å². The standard InChI is InChI=1S/C16H15BrFNO2/c1-10-4-3-5-12(8-10)19-16(2,15(20)21)13-9-11(17)6-7-14(13)18/h3-9,19H,1-2H3,(H,20,21). The fraction of sp³-hybridized carbons (Fsp3) is 0.188. The van der Waals surface area contributed by atoms with Crippen LogP contribution in [0.25, 0.3) is 0 Å². The number of benzene rings is 2. The van der Waals surface area contributed by atoms with Crippen molar-refractivity contribution in [2.24, 2.45) is 0 Å². The number of nitrogens with one attached hydrogen (secondary N) is 1. The summed E-state index contributed by atoms with van der Waals surface area (Å²) >= 11 is 3.25. The number of carboxylic acid groups (broad SMARTS) is 1. The van der Waals surface area contributed by atoms with Gasteiger partial charge in [-0.25, -0.2) is 9.18 Å². The first-order chi connectivity index (χ1) is 9.83. The highest BCUT2D eigenvalue weighted by atomic mass is 79.9. The molecule has 21 heavy (non-hydrogen) atoms. The van der Waals surface area contributed by atoms with Crippen molar-refractivity contribution in [3.8, 4) is 0 Å². The molecule has 2 rings (SSSR count). The molecular weight excluding hydrogens is 337 g/mol. The second-order valence-electron chi connectivity index (χ2n) is 5.05. The van der Waals surface area contributed by atoms with Crippen LogP contribution in [0.1, 0.15) is 18.1 Å². The number of hydrogen-bond acceptors (Lipinski definition) is 2. The van der Waals surface area contributed by atoms with Crippen LogP contribution in [0, 0.1) is 12.7 Å². The van der Waals surface area contributed by atoms with Crippen molar-refractivity contribution < 1.29 is 14.3 Å². The third-order valence-electron chi connectivity index (χ3n) is 3.31. The van der Waals surface area contributed by atoms with Crippen LogP contribution in [0.4, 0.5) is 10.1 Å². The molecule has 5 heteroatoms. The van der Waals surface area contributed by atoms with Crippen molar-refractivity contribution >= 4 is 27.6 Å². The van der Waals surface area contributed by atoms with E-state index in [1.165, 1.54) is 25.1 Å². The molecule has 2 aromatic rings. The fourth-order valence-electron chi connectivity index (χ4n) is 2.13. The maximum Gasteiger partial charge on any atom is 0.333 e. The Bertz CT molecular complexity index is 690. The molecule has 0 saturated carbocycles. The molecule has 0 spiro atoms. The maximum atomic E-state index is 14.1. The first kappa shape index (κ1) is 15.5. The van der Waals surface area contributed by atoms with Crippen molar-refractivity contribution in [3.05, 3.63) is 63.9 Å². The summed E-state index contributed by atoms with van der Waals surface area (Å²) in [6, 6.07) is 11.6. The van der Waals surface area contributed by atoms with Crippen LogP contribution in [0.2, 0.25) is 0 Å². The Labute approximate surface area is 130 Å². The van der Waals surface area contributed by atoms with Gasteiger partial charge < -0.3 is 10.4 Å². The molecule has 0 saturated heterocycles. The third kappa shape index (κ3) is 3.24. The van der Waals surface area contributed by atoms with E-state index in [1.807, 2.05) is 25.1 Å². The van der Waals surface area contributed by atoms with E-state index in [0.717, 1.165) is 5.56 Å². The zero-order valence-corrected chi connectivity index (χ0v) is 13.2. The van der Waals surface area contributed by atoms with E-state index in [4.69, 9.17) is 0 Å². The number of carbonyl (C=O) groups is 1. The quantitative estimate of drug-likeness (QED) is 0.862. The van der Waals surface area contributed by atoms with Gasteiger partial charge in [0.15, 0.2) is 5.54 Å². The van der Waals surface area contributed by atoms with E-state index in [-0.39, 0.29) is 5.56 Å². The Hall–Kier alpha value is -1.88. The van der Waals surface area contributed by atoms with Gasteiger partial charge in [0.2, 0.25) is 0 Å². The Balaban J connectivity index is 2.50. The fourth-order valence-corrected chi connectivity index (χ4v) is 2.49. The molecule has 0 aliphatic carbocycles. The minimum absolute atomic E-state index is 0.0749. The Morgan fingerprint density at radius 3 is 2.62 bits per heavy atom. The lowest BCUT2D eigenvalue weighted by atomic mass is 9.91. The van der Waals surface area contributed by atoms with E-state index in [9.17, 15) is 14.3 Å². The van der Waals surface area contributed by atoms with Gasteiger partial charge >= 0.3 is 5.97 Å². The van der Waals surface area contributed by atoms with Crippen LogP contribution >= 0.6 is 15.9 Å². The second-order valence-corrected chi connectivity index (χ2v) is 5.96. The van der Waals surface area contributed by atoms with Gasteiger partial charge in [-0.15, -0.1) is 0 Å². The van der Waals surface area contributed by atoms with Crippen LogP contribution < -0.4 is 5.32 Å². The van der Waals surface area contributed by atoms with E-state index < -0.39 is 17.3 Å². The first-order valence-corrected chi connectivity index (χ1v) is 7.16. The molecule has 110 valence electrons. The number of carboxylic acids is 1. The summed E-state index contributed by atoms with van der Waals surface area (Å²) in [4.78, 5) is 11.7. The number of aliphatic carboxylic acids is 1. The third-order valence-corrected chi connectivity index (χ3v) is 3.80. The average Bonchev–Trinajstić information content (AvgIpc) is 2.41. The van der Waals surface area contributed by atoms with Gasteiger partial charge in [-0.3, -0.25) is 0 Å². The highest BCUT2D eigenvalue weighted by Crippen LogP contribution is 2.31. The number of hydrogen-bond donors (Lipinski definition) is 2.